The maximum atomic E-state index is 4.03. The van der Waals surface area contributed by atoms with Crippen LogP contribution in [0.15, 0.2) is 30.6 Å². The third-order valence-corrected chi connectivity index (χ3v) is 1.68. The molecule has 70 valence electrons. The third-order valence-electron chi connectivity index (χ3n) is 1.68. The molecule has 1 aromatic heterocycles. The maximum Gasteiger partial charge on any atom is 0.0340 e. The van der Waals surface area contributed by atoms with E-state index in [0.29, 0.717) is 0 Å². The van der Waals surface area contributed by atoms with E-state index in [1.54, 1.807) is 6.20 Å². The van der Waals surface area contributed by atoms with Crippen LogP contribution in [0.2, 0.25) is 0 Å². The Kier molecular flexibility index (Phi) is 4.87. The minimum Gasteiger partial charge on any atom is -0.313 e. The van der Waals surface area contributed by atoms with Crippen LogP contribution in [0.5, 0.6) is 0 Å². The fourth-order valence-electron chi connectivity index (χ4n) is 1.03. The summed E-state index contributed by atoms with van der Waals surface area (Å²) in [7, 11) is 0. The molecule has 1 heterocycles. The lowest BCUT2D eigenvalue weighted by Gasteiger charge is -1.96. The highest BCUT2D eigenvalue weighted by Gasteiger charge is 1.82. The first kappa shape index (κ1) is 9.93. The molecule has 0 spiro atoms. The maximum absolute atomic E-state index is 4.03. The topological polar surface area (TPSA) is 24.9 Å². The number of aromatic nitrogens is 1. The summed E-state index contributed by atoms with van der Waals surface area (Å²) in [6.45, 7) is 4.18. The molecule has 2 heteroatoms. The van der Waals surface area contributed by atoms with E-state index in [4.69, 9.17) is 0 Å². The number of hydrogen-bond donors (Lipinski definition) is 1. The lowest BCUT2D eigenvalue weighted by molar-refractivity contribution is 0.730. The summed E-state index contributed by atoms with van der Waals surface area (Å²) >= 11 is 0. The van der Waals surface area contributed by atoms with Gasteiger partial charge < -0.3 is 5.32 Å². The SMILES string of the molecule is CCCNCC=Cc1cccnc1. The molecule has 0 amide bonds. The van der Waals surface area contributed by atoms with Crippen LogP contribution in [0.3, 0.4) is 0 Å². The van der Waals surface area contributed by atoms with Gasteiger partial charge in [0.2, 0.25) is 0 Å². The monoisotopic (exact) mass is 176 g/mol. The van der Waals surface area contributed by atoms with Gasteiger partial charge in [0.25, 0.3) is 0 Å². The van der Waals surface area contributed by atoms with E-state index < -0.39 is 0 Å². The van der Waals surface area contributed by atoms with Gasteiger partial charge in [0.05, 0.1) is 0 Å². The van der Waals surface area contributed by atoms with E-state index in [1.165, 1.54) is 6.42 Å². The molecule has 2 nitrogen and oxygen atoms in total. The molecule has 0 aromatic carbocycles. The molecule has 0 bridgehead atoms. The summed E-state index contributed by atoms with van der Waals surface area (Å²) in [5.41, 5.74) is 1.15. The van der Waals surface area contributed by atoms with Crippen molar-refractivity contribution in [3.8, 4) is 0 Å². The molecule has 0 fully saturated rings. The van der Waals surface area contributed by atoms with Crippen molar-refractivity contribution in [2.45, 2.75) is 13.3 Å². The largest absolute Gasteiger partial charge is 0.313 e. The first-order valence-electron chi connectivity index (χ1n) is 4.70. The van der Waals surface area contributed by atoms with Gasteiger partial charge >= 0.3 is 0 Å². The van der Waals surface area contributed by atoms with Crippen LogP contribution in [-0.4, -0.2) is 18.1 Å². The molecule has 13 heavy (non-hydrogen) atoms. The molecule has 1 rings (SSSR count). The summed E-state index contributed by atoms with van der Waals surface area (Å²) < 4.78 is 0. The van der Waals surface area contributed by atoms with Crippen molar-refractivity contribution in [3.05, 3.63) is 36.2 Å². The Balaban J connectivity index is 2.25. The van der Waals surface area contributed by atoms with Crippen LogP contribution in [-0.2, 0) is 0 Å². The zero-order valence-electron chi connectivity index (χ0n) is 8.03. The highest BCUT2D eigenvalue weighted by Crippen LogP contribution is 1.97. The number of rotatable bonds is 5. The first-order valence-corrected chi connectivity index (χ1v) is 4.70. The summed E-state index contributed by atoms with van der Waals surface area (Å²) in [5, 5.41) is 3.30. The van der Waals surface area contributed by atoms with Crippen molar-refractivity contribution in [2.24, 2.45) is 0 Å². The van der Waals surface area contributed by atoms with Gasteiger partial charge in [0, 0.05) is 18.9 Å². The Morgan fingerprint density at radius 1 is 1.54 bits per heavy atom. The predicted molar refractivity (Wildman–Crippen MR) is 56.4 cm³/mol. The molecule has 1 N–H and O–H groups in total. The molecular formula is C11H16N2. The Bertz CT molecular complexity index is 242. The van der Waals surface area contributed by atoms with Gasteiger partial charge in [0.15, 0.2) is 0 Å². The zero-order valence-corrected chi connectivity index (χ0v) is 8.03. The van der Waals surface area contributed by atoms with Crippen LogP contribution in [0, 0.1) is 0 Å². The highest BCUT2D eigenvalue weighted by atomic mass is 14.8. The van der Waals surface area contributed by atoms with Crippen molar-refractivity contribution >= 4 is 6.08 Å². The van der Waals surface area contributed by atoms with Gasteiger partial charge in [-0.05, 0) is 24.6 Å². The fraction of sp³-hybridized carbons (Fsp3) is 0.364. The second-order valence-electron chi connectivity index (χ2n) is 2.89. The van der Waals surface area contributed by atoms with Crippen molar-refractivity contribution in [1.29, 1.82) is 0 Å². The number of hydrogen-bond acceptors (Lipinski definition) is 2. The van der Waals surface area contributed by atoms with Gasteiger partial charge in [0.1, 0.15) is 0 Å². The van der Waals surface area contributed by atoms with Crippen molar-refractivity contribution < 1.29 is 0 Å². The Labute approximate surface area is 79.7 Å². The van der Waals surface area contributed by atoms with Crippen LogP contribution < -0.4 is 5.32 Å². The van der Waals surface area contributed by atoms with Gasteiger partial charge in [-0.2, -0.15) is 0 Å². The third kappa shape index (κ3) is 4.43. The zero-order chi connectivity index (χ0) is 9.36. The summed E-state index contributed by atoms with van der Waals surface area (Å²) in [5.74, 6) is 0. The lowest BCUT2D eigenvalue weighted by atomic mass is 10.2. The van der Waals surface area contributed by atoms with Crippen molar-refractivity contribution in [3.63, 3.8) is 0 Å². The Morgan fingerprint density at radius 2 is 2.46 bits per heavy atom. The van der Waals surface area contributed by atoms with E-state index in [9.17, 15) is 0 Å². The van der Waals surface area contributed by atoms with Crippen LogP contribution in [0.25, 0.3) is 6.08 Å². The van der Waals surface area contributed by atoms with Crippen LogP contribution >= 0.6 is 0 Å². The number of nitrogens with zero attached hydrogens (tertiary/aromatic N) is 1. The molecule has 0 radical (unpaired) electrons. The summed E-state index contributed by atoms with van der Waals surface area (Å²) in [4.78, 5) is 4.03. The van der Waals surface area contributed by atoms with E-state index in [-0.39, 0.29) is 0 Å². The number of nitrogens with one attached hydrogen (secondary N) is 1. The molecule has 0 saturated heterocycles. The molecule has 1 aromatic rings. The van der Waals surface area contributed by atoms with Crippen molar-refractivity contribution in [2.75, 3.05) is 13.1 Å². The quantitative estimate of drug-likeness (QED) is 0.695. The van der Waals surface area contributed by atoms with E-state index in [1.807, 2.05) is 18.3 Å². The second-order valence-corrected chi connectivity index (χ2v) is 2.89. The van der Waals surface area contributed by atoms with E-state index in [2.05, 4.69) is 29.4 Å². The Morgan fingerprint density at radius 3 is 3.15 bits per heavy atom. The average Bonchev–Trinajstić information content (AvgIpc) is 2.19. The molecular weight excluding hydrogens is 160 g/mol. The minimum atomic E-state index is 0.933. The Hall–Kier alpha value is -1.15. The smallest absolute Gasteiger partial charge is 0.0340 e. The van der Waals surface area contributed by atoms with Gasteiger partial charge in [-0.15, -0.1) is 0 Å². The summed E-state index contributed by atoms with van der Waals surface area (Å²) in [6, 6.07) is 3.99. The fourth-order valence-corrected chi connectivity index (χ4v) is 1.03. The second kappa shape index (κ2) is 6.38. The van der Waals surface area contributed by atoms with E-state index >= 15 is 0 Å². The van der Waals surface area contributed by atoms with E-state index in [0.717, 1.165) is 18.7 Å². The van der Waals surface area contributed by atoms with Gasteiger partial charge in [-0.3, -0.25) is 4.98 Å². The highest BCUT2D eigenvalue weighted by molar-refractivity contribution is 5.47. The minimum absolute atomic E-state index is 0.933. The predicted octanol–water partition coefficient (Wildman–Crippen LogP) is 2.09. The molecule has 0 saturated carbocycles. The summed E-state index contributed by atoms with van der Waals surface area (Å²) in [6.07, 6.45) is 9.02. The average molecular weight is 176 g/mol. The number of pyridine rings is 1. The standard InChI is InChI=1S/C11H16N2/c1-2-7-12-8-3-5-11-6-4-9-13-10-11/h3-6,9-10,12H,2,7-8H2,1H3. The molecule has 0 aliphatic rings. The van der Waals surface area contributed by atoms with Crippen molar-refractivity contribution in [1.82, 2.24) is 10.3 Å². The molecule has 0 atom stereocenters. The van der Waals surface area contributed by atoms with Crippen LogP contribution in [0.1, 0.15) is 18.9 Å². The van der Waals surface area contributed by atoms with Gasteiger partial charge in [-0.1, -0.05) is 25.1 Å². The first-order chi connectivity index (χ1) is 6.43. The molecule has 0 unspecified atom stereocenters. The lowest BCUT2D eigenvalue weighted by Crippen LogP contribution is -2.13. The van der Waals surface area contributed by atoms with Crippen LogP contribution in [0.4, 0.5) is 0 Å². The molecule has 0 aliphatic heterocycles. The molecule has 0 aliphatic carbocycles. The van der Waals surface area contributed by atoms with Gasteiger partial charge in [-0.25, -0.2) is 0 Å². The normalized spacial score (nSPS) is 10.8.